The minimum Gasteiger partial charge on any atom is -0.307 e. The molecule has 0 unspecified atom stereocenters. The molecule has 0 saturated carbocycles. The van der Waals surface area contributed by atoms with E-state index in [9.17, 15) is 23.3 Å². The second-order valence-corrected chi connectivity index (χ2v) is 5.86. The van der Waals surface area contributed by atoms with Gasteiger partial charge in [-0.05, 0) is 18.2 Å². The zero-order valence-electron chi connectivity index (χ0n) is 11.1. The van der Waals surface area contributed by atoms with Gasteiger partial charge in [0, 0.05) is 17.8 Å². The normalized spacial score (nSPS) is 10.7. The summed E-state index contributed by atoms with van der Waals surface area (Å²) in [6.07, 6.45) is 0. The molecule has 0 aromatic heterocycles. The Hall–Kier alpha value is -2.94. The summed E-state index contributed by atoms with van der Waals surface area (Å²) in [6, 6.07) is 11.7. The highest BCUT2D eigenvalue weighted by Crippen LogP contribution is 2.17. The van der Waals surface area contributed by atoms with Gasteiger partial charge in [0.1, 0.15) is 0 Å². The van der Waals surface area contributed by atoms with Crippen molar-refractivity contribution in [3.63, 3.8) is 0 Å². The number of rotatable bonds is 4. The van der Waals surface area contributed by atoms with E-state index >= 15 is 0 Å². The van der Waals surface area contributed by atoms with Gasteiger partial charge in [-0.15, -0.1) is 0 Å². The number of nitro groups is 1. The Bertz CT molecular complexity index is 805. The van der Waals surface area contributed by atoms with Crippen LogP contribution in [0.15, 0.2) is 59.5 Å². The summed E-state index contributed by atoms with van der Waals surface area (Å²) in [5, 5.41) is 13.0. The molecule has 2 N–H and O–H groups in total. The Morgan fingerprint density at radius 1 is 1.05 bits per heavy atom. The van der Waals surface area contributed by atoms with Crippen LogP contribution in [0.4, 0.5) is 16.2 Å². The number of anilines is 1. The van der Waals surface area contributed by atoms with Crippen LogP contribution in [0.25, 0.3) is 0 Å². The second kappa shape index (κ2) is 6.22. The lowest BCUT2D eigenvalue weighted by molar-refractivity contribution is -0.385. The van der Waals surface area contributed by atoms with Crippen LogP contribution in [0.2, 0.25) is 0 Å². The summed E-state index contributed by atoms with van der Waals surface area (Å²) in [6.45, 7) is 0. The van der Waals surface area contributed by atoms with Crippen LogP contribution >= 0.6 is 0 Å². The predicted octanol–water partition coefficient (Wildman–Crippen LogP) is 2.11. The molecule has 0 aliphatic rings. The van der Waals surface area contributed by atoms with Gasteiger partial charge in [-0.25, -0.2) is 17.9 Å². The fourth-order valence-corrected chi connectivity index (χ4v) is 2.57. The molecule has 0 bridgehead atoms. The van der Waals surface area contributed by atoms with Crippen LogP contribution in [-0.2, 0) is 10.0 Å². The number of carbonyl (C=O) groups excluding carboxylic acids is 1. The molecule has 2 amide bonds. The highest BCUT2D eigenvalue weighted by molar-refractivity contribution is 7.90. The Labute approximate surface area is 126 Å². The minimum absolute atomic E-state index is 0.370. The van der Waals surface area contributed by atoms with E-state index in [0.29, 0.717) is 5.69 Å². The van der Waals surface area contributed by atoms with E-state index in [2.05, 4.69) is 5.32 Å². The minimum atomic E-state index is -4.20. The van der Waals surface area contributed by atoms with Gasteiger partial charge in [-0.3, -0.25) is 10.1 Å². The summed E-state index contributed by atoms with van der Waals surface area (Å²) >= 11 is 0. The van der Waals surface area contributed by atoms with E-state index in [4.69, 9.17) is 0 Å². The average Bonchev–Trinajstić information content (AvgIpc) is 2.47. The molecule has 114 valence electrons. The number of non-ortho nitro benzene ring substituents is 1. The highest BCUT2D eigenvalue weighted by atomic mass is 32.2. The van der Waals surface area contributed by atoms with E-state index in [0.717, 1.165) is 18.2 Å². The summed E-state index contributed by atoms with van der Waals surface area (Å²) in [7, 11) is -4.20. The molecule has 2 aromatic carbocycles. The fraction of sp³-hybridized carbons (Fsp3) is 0. The number of nitrogens with one attached hydrogen (secondary N) is 2. The van der Waals surface area contributed by atoms with Crippen LogP contribution in [0.5, 0.6) is 0 Å². The summed E-state index contributed by atoms with van der Waals surface area (Å²) < 4.78 is 25.8. The number of nitrogens with zero attached hydrogens (tertiary/aromatic N) is 1. The van der Waals surface area contributed by atoms with Crippen molar-refractivity contribution in [1.29, 1.82) is 0 Å². The van der Waals surface area contributed by atoms with Gasteiger partial charge in [-0.1, -0.05) is 24.3 Å². The third-order valence-electron chi connectivity index (χ3n) is 2.60. The first-order valence-electron chi connectivity index (χ1n) is 6.02. The van der Waals surface area contributed by atoms with Crippen molar-refractivity contribution in [3.05, 3.63) is 64.7 Å². The monoisotopic (exact) mass is 321 g/mol. The van der Waals surface area contributed by atoms with Crippen molar-refractivity contribution >= 4 is 27.4 Å². The van der Waals surface area contributed by atoms with E-state index < -0.39 is 21.0 Å². The molecule has 0 fully saturated rings. The predicted molar refractivity (Wildman–Crippen MR) is 78.9 cm³/mol. The van der Waals surface area contributed by atoms with Crippen LogP contribution in [-0.4, -0.2) is 19.4 Å². The maximum Gasteiger partial charge on any atom is 0.333 e. The van der Waals surface area contributed by atoms with Crippen molar-refractivity contribution in [2.75, 3.05) is 5.32 Å². The van der Waals surface area contributed by atoms with Gasteiger partial charge in [0.15, 0.2) is 0 Å². The number of urea groups is 1. The number of hydrogen-bond acceptors (Lipinski definition) is 5. The third kappa shape index (κ3) is 3.79. The molecule has 2 rings (SSSR count). The van der Waals surface area contributed by atoms with Gasteiger partial charge in [0.2, 0.25) is 0 Å². The molecule has 0 heterocycles. The summed E-state index contributed by atoms with van der Waals surface area (Å²) in [4.78, 5) is 21.2. The first-order chi connectivity index (χ1) is 10.4. The number of nitro benzene ring substituents is 1. The van der Waals surface area contributed by atoms with Crippen LogP contribution < -0.4 is 10.0 Å². The Kier molecular flexibility index (Phi) is 4.37. The molecule has 2 aromatic rings. The number of carbonyl (C=O) groups is 1. The van der Waals surface area contributed by atoms with E-state index in [-0.39, 0.29) is 10.6 Å². The smallest absolute Gasteiger partial charge is 0.307 e. The van der Waals surface area contributed by atoms with Gasteiger partial charge in [0.05, 0.1) is 9.82 Å². The molecule has 0 radical (unpaired) electrons. The standard InChI is InChI=1S/C13H11N3O5S/c17-13(14-10-5-2-1-3-6-10)15-22(20,21)12-8-4-7-11(9-12)16(18)19/h1-9H,(H2,14,15,17). The van der Waals surface area contributed by atoms with Gasteiger partial charge in [-0.2, -0.15) is 0 Å². The molecule has 0 saturated heterocycles. The van der Waals surface area contributed by atoms with Crippen LogP contribution in [0.1, 0.15) is 0 Å². The molecule has 0 aliphatic heterocycles. The maximum atomic E-state index is 12.0. The molecule has 0 spiro atoms. The van der Waals surface area contributed by atoms with Crippen molar-refractivity contribution in [2.45, 2.75) is 4.90 Å². The second-order valence-electron chi connectivity index (χ2n) is 4.18. The summed E-state index contributed by atoms with van der Waals surface area (Å²) in [5.74, 6) is 0. The topological polar surface area (TPSA) is 118 Å². The Morgan fingerprint density at radius 3 is 2.36 bits per heavy atom. The van der Waals surface area contributed by atoms with E-state index in [1.165, 1.54) is 6.07 Å². The Morgan fingerprint density at radius 2 is 1.73 bits per heavy atom. The third-order valence-corrected chi connectivity index (χ3v) is 3.93. The van der Waals surface area contributed by atoms with Gasteiger partial charge >= 0.3 is 6.03 Å². The van der Waals surface area contributed by atoms with Crippen molar-refractivity contribution in [2.24, 2.45) is 0 Å². The van der Waals surface area contributed by atoms with Crippen LogP contribution in [0.3, 0.4) is 0 Å². The van der Waals surface area contributed by atoms with Crippen LogP contribution in [0, 0.1) is 10.1 Å². The van der Waals surface area contributed by atoms with Crippen molar-refractivity contribution in [3.8, 4) is 0 Å². The van der Waals surface area contributed by atoms with Crippen molar-refractivity contribution < 1.29 is 18.1 Å². The molecule has 22 heavy (non-hydrogen) atoms. The lowest BCUT2D eigenvalue weighted by atomic mass is 10.3. The zero-order chi connectivity index (χ0) is 16.2. The lowest BCUT2D eigenvalue weighted by Gasteiger charge is -2.08. The zero-order valence-corrected chi connectivity index (χ0v) is 11.9. The van der Waals surface area contributed by atoms with Gasteiger partial charge in [0.25, 0.3) is 15.7 Å². The number of sulfonamides is 1. The molecule has 0 atom stereocenters. The number of benzene rings is 2. The number of amides is 2. The molecular formula is C13H11N3O5S. The van der Waals surface area contributed by atoms with Gasteiger partial charge < -0.3 is 5.32 Å². The molecular weight excluding hydrogens is 310 g/mol. The van der Waals surface area contributed by atoms with Crippen molar-refractivity contribution in [1.82, 2.24) is 4.72 Å². The molecule has 8 nitrogen and oxygen atoms in total. The average molecular weight is 321 g/mol. The molecule has 9 heteroatoms. The van der Waals surface area contributed by atoms with E-state index in [1.807, 2.05) is 0 Å². The fourth-order valence-electron chi connectivity index (χ4n) is 1.62. The van der Waals surface area contributed by atoms with E-state index in [1.54, 1.807) is 35.1 Å². The number of para-hydroxylation sites is 1. The largest absolute Gasteiger partial charge is 0.333 e. The Balaban J connectivity index is 2.15. The molecule has 0 aliphatic carbocycles. The maximum absolute atomic E-state index is 12.0. The quantitative estimate of drug-likeness (QED) is 0.660. The first kappa shape index (κ1) is 15.4. The number of hydrogen-bond donors (Lipinski definition) is 2. The lowest BCUT2D eigenvalue weighted by Crippen LogP contribution is -2.34. The summed E-state index contributed by atoms with van der Waals surface area (Å²) in [5.41, 5.74) is 0.0283. The first-order valence-corrected chi connectivity index (χ1v) is 7.50. The SMILES string of the molecule is O=C(Nc1ccccc1)NS(=O)(=O)c1cccc([N+](=O)[O-])c1. The highest BCUT2D eigenvalue weighted by Gasteiger charge is 2.20.